The van der Waals surface area contributed by atoms with Crippen LogP contribution in [0.15, 0.2) is 42.6 Å². The molecule has 3 rings (SSSR count). The predicted molar refractivity (Wildman–Crippen MR) is 77.1 cm³/mol. The Labute approximate surface area is 114 Å². The van der Waals surface area contributed by atoms with Crippen LogP contribution >= 0.6 is 0 Å². The lowest BCUT2D eigenvalue weighted by atomic mass is 9.76. The number of aromatic nitrogens is 2. The van der Waals surface area contributed by atoms with E-state index in [0.717, 1.165) is 18.9 Å². The molecule has 0 amide bonds. The lowest BCUT2D eigenvalue weighted by Gasteiger charge is -2.36. The fourth-order valence-corrected chi connectivity index (χ4v) is 2.83. The van der Waals surface area contributed by atoms with Gasteiger partial charge in [-0.25, -0.2) is 0 Å². The van der Waals surface area contributed by atoms with Gasteiger partial charge in [0.1, 0.15) is 0 Å². The van der Waals surface area contributed by atoms with Gasteiger partial charge in [-0.15, -0.1) is 0 Å². The van der Waals surface area contributed by atoms with Gasteiger partial charge < -0.3 is 5.32 Å². The van der Waals surface area contributed by atoms with Gasteiger partial charge in [0.15, 0.2) is 0 Å². The van der Waals surface area contributed by atoms with E-state index in [0.29, 0.717) is 6.04 Å². The fraction of sp³-hybridized carbons (Fsp3) is 0.438. The first-order chi connectivity index (χ1) is 9.33. The van der Waals surface area contributed by atoms with Gasteiger partial charge in [-0.05, 0) is 30.4 Å². The van der Waals surface area contributed by atoms with Crippen molar-refractivity contribution in [2.24, 2.45) is 7.05 Å². The van der Waals surface area contributed by atoms with Crippen LogP contribution in [0.2, 0.25) is 0 Å². The third-order valence-corrected chi connectivity index (χ3v) is 4.15. The molecular formula is C16H21N3. The molecule has 0 aliphatic heterocycles. The van der Waals surface area contributed by atoms with Gasteiger partial charge in [0.2, 0.25) is 0 Å². The average Bonchev–Trinajstić information content (AvgIpc) is 2.79. The molecule has 1 aromatic heterocycles. The van der Waals surface area contributed by atoms with Crippen molar-refractivity contribution in [2.75, 3.05) is 6.54 Å². The van der Waals surface area contributed by atoms with Gasteiger partial charge in [0.05, 0.1) is 0 Å². The molecule has 19 heavy (non-hydrogen) atoms. The van der Waals surface area contributed by atoms with Crippen molar-refractivity contribution in [2.45, 2.75) is 31.2 Å². The minimum absolute atomic E-state index is 0.693. The highest BCUT2D eigenvalue weighted by Crippen LogP contribution is 2.36. The Morgan fingerprint density at radius 2 is 2.00 bits per heavy atom. The Morgan fingerprint density at radius 1 is 1.21 bits per heavy atom. The minimum atomic E-state index is 0.693. The molecule has 1 N–H and O–H groups in total. The van der Waals surface area contributed by atoms with Crippen molar-refractivity contribution < 1.29 is 0 Å². The molecule has 0 radical (unpaired) electrons. The number of benzene rings is 1. The fourth-order valence-electron chi connectivity index (χ4n) is 2.83. The second-order valence-electron chi connectivity index (χ2n) is 5.43. The molecule has 0 bridgehead atoms. The van der Waals surface area contributed by atoms with Crippen LogP contribution in [0.25, 0.3) is 0 Å². The van der Waals surface area contributed by atoms with Gasteiger partial charge in [-0.2, -0.15) is 5.10 Å². The summed E-state index contributed by atoms with van der Waals surface area (Å²) >= 11 is 0. The maximum absolute atomic E-state index is 4.19. The quantitative estimate of drug-likeness (QED) is 0.889. The largest absolute Gasteiger partial charge is 0.314 e. The van der Waals surface area contributed by atoms with Gasteiger partial charge in [0, 0.05) is 37.9 Å². The molecule has 0 unspecified atom stereocenters. The second kappa shape index (κ2) is 5.57. The van der Waals surface area contributed by atoms with Gasteiger partial charge >= 0.3 is 0 Å². The third-order valence-electron chi connectivity index (χ3n) is 4.15. The number of hydrogen-bond acceptors (Lipinski definition) is 2. The summed E-state index contributed by atoms with van der Waals surface area (Å²) in [6.07, 6.45) is 5.47. The van der Waals surface area contributed by atoms with Gasteiger partial charge in [-0.1, -0.05) is 30.3 Å². The summed E-state index contributed by atoms with van der Waals surface area (Å²) in [5.74, 6) is 0.760. The van der Waals surface area contributed by atoms with Crippen molar-refractivity contribution in [1.82, 2.24) is 15.1 Å². The third kappa shape index (κ3) is 2.87. The summed E-state index contributed by atoms with van der Waals surface area (Å²) in [5, 5.41) is 7.83. The first-order valence-corrected chi connectivity index (χ1v) is 7.08. The lowest BCUT2D eigenvalue weighted by molar-refractivity contribution is 0.292. The Morgan fingerprint density at radius 3 is 2.68 bits per heavy atom. The zero-order valence-corrected chi connectivity index (χ0v) is 11.4. The Bertz CT molecular complexity index is 512. The summed E-state index contributed by atoms with van der Waals surface area (Å²) in [6.45, 7) is 1.05. The molecule has 0 spiro atoms. The Balaban J connectivity index is 1.39. The minimum Gasteiger partial charge on any atom is -0.314 e. The maximum Gasteiger partial charge on any atom is 0.0492 e. The van der Waals surface area contributed by atoms with Gasteiger partial charge in [0.25, 0.3) is 0 Å². The highest BCUT2D eigenvalue weighted by atomic mass is 15.3. The van der Waals surface area contributed by atoms with Crippen LogP contribution in [0.4, 0.5) is 0 Å². The van der Waals surface area contributed by atoms with E-state index in [4.69, 9.17) is 0 Å². The molecular weight excluding hydrogens is 234 g/mol. The van der Waals surface area contributed by atoms with Crippen LogP contribution < -0.4 is 5.32 Å². The molecule has 3 heteroatoms. The molecule has 100 valence electrons. The molecule has 1 aliphatic carbocycles. The van der Waals surface area contributed by atoms with E-state index in [-0.39, 0.29) is 0 Å². The standard InChI is InChI=1S/C16H21N3/c1-19-16(8-10-18-19)7-9-17-15-11-14(12-15)13-5-3-2-4-6-13/h2-6,8,10,14-15,17H,7,9,11-12H2,1H3. The van der Waals surface area contributed by atoms with E-state index in [9.17, 15) is 0 Å². The molecule has 1 saturated carbocycles. The number of nitrogens with zero attached hydrogens (tertiary/aromatic N) is 2. The molecule has 0 atom stereocenters. The van der Waals surface area contributed by atoms with Gasteiger partial charge in [-0.3, -0.25) is 4.68 Å². The predicted octanol–water partition coefficient (Wildman–Crippen LogP) is 2.50. The van der Waals surface area contributed by atoms with Crippen LogP contribution in [-0.4, -0.2) is 22.4 Å². The molecule has 0 saturated heterocycles. The molecule has 1 fully saturated rings. The number of aryl methyl sites for hydroxylation is 1. The second-order valence-corrected chi connectivity index (χ2v) is 5.43. The van der Waals surface area contributed by atoms with E-state index in [1.807, 2.05) is 17.9 Å². The van der Waals surface area contributed by atoms with Crippen molar-refractivity contribution in [3.63, 3.8) is 0 Å². The zero-order chi connectivity index (χ0) is 13.1. The van der Waals surface area contributed by atoms with Crippen molar-refractivity contribution in [3.05, 3.63) is 53.9 Å². The summed E-state index contributed by atoms with van der Waals surface area (Å²) in [6, 6.07) is 13.6. The molecule has 1 aliphatic rings. The summed E-state index contributed by atoms with van der Waals surface area (Å²) < 4.78 is 1.95. The summed E-state index contributed by atoms with van der Waals surface area (Å²) in [7, 11) is 2.00. The van der Waals surface area contributed by atoms with Crippen molar-refractivity contribution in [3.8, 4) is 0 Å². The average molecular weight is 255 g/mol. The number of rotatable bonds is 5. The van der Waals surface area contributed by atoms with E-state index in [1.54, 1.807) is 0 Å². The van der Waals surface area contributed by atoms with E-state index < -0.39 is 0 Å². The summed E-state index contributed by atoms with van der Waals surface area (Å²) in [4.78, 5) is 0. The van der Waals surface area contributed by atoms with E-state index in [1.165, 1.54) is 24.1 Å². The van der Waals surface area contributed by atoms with E-state index >= 15 is 0 Å². The van der Waals surface area contributed by atoms with Crippen LogP contribution in [0, 0.1) is 0 Å². The maximum atomic E-state index is 4.19. The topological polar surface area (TPSA) is 29.9 Å². The molecule has 1 heterocycles. The molecule has 3 nitrogen and oxygen atoms in total. The van der Waals surface area contributed by atoms with Crippen LogP contribution in [0.3, 0.4) is 0 Å². The first-order valence-electron chi connectivity index (χ1n) is 7.08. The lowest BCUT2D eigenvalue weighted by Crippen LogP contribution is -2.41. The molecule has 2 aromatic rings. The van der Waals surface area contributed by atoms with Crippen LogP contribution in [0.1, 0.15) is 30.0 Å². The van der Waals surface area contributed by atoms with Crippen molar-refractivity contribution >= 4 is 0 Å². The number of hydrogen-bond donors (Lipinski definition) is 1. The smallest absolute Gasteiger partial charge is 0.0492 e. The SMILES string of the molecule is Cn1nccc1CCNC1CC(c2ccccc2)C1. The number of nitrogens with one attached hydrogen (secondary N) is 1. The summed E-state index contributed by atoms with van der Waals surface area (Å²) in [5.41, 5.74) is 2.79. The van der Waals surface area contributed by atoms with Crippen LogP contribution in [0.5, 0.6) is 0 Å². The van der Waals surface area contributed by atoms with E-state index in [2.05, 4.69) is 46.8 Å². The highest BCUT2D eigenvalue weighted by Gasteiger charge is 2.29. The first kappa shape index (κ1) is 12.4. The van der Waals surface area contributed by atoms with Crippen LogP contribution in [-0.2, 0) is 13.5 Å². The normalized spacial score (nSPS) is 22.2. The van der Waals surface area contributed by atoms with Crippen molar-refractivity contribution in [1.29, 1.82) is 0 Å². The molecule has 1 aromatic carbocycles. The Hall–Kier alpha value is -1.61. The Kier molecular flexibility index (Phi) is 3.65. The highest BCUT2D eigenvalue weighted by molar-refractivity contribution is 5.22. The monoisotopic (exact) mass is 255 g/mol. The zero-order valence-electron chi connectivity index (χ0n) is 11.4.